The third-order valence-corrected chi connectivity index (χ3v) is 6.62. The summed E-state index contributed by atoms with van der Waals surface area (Å²) in [5.41, 5.74) is -0.504. The Morgan fingerprint density at radius 3 is 2.58 bits per heavy atom. The molecule has 9 nitrogen and oxygen atoms in total. The van der Waals surface area contributed by atoms with Gasteiger partial charge in [0.1, 0.15) is 29.0 Å². The first-order valence-electron chi connectivity index (χ1n) is 11.5. The van der Waals surface area contributed by atoms with Crippen molar-refractivity contribution in [2.45, 2.75) is 65.5 Å². The molecule has 0 unspecified atom stereocenters. The highest BCUT2D eigenvalue weighted by molar-refractivity contribution is 7.18. The van der Waals surface area contributed by atoms with Crippen molar-refractivity contribution in [2.75, 3.05) is 44.3 Å². The molecule has 0 radical (unpaired) electrons. The molecule has 1 amide bonds. The average molecular weight is 479 g/mol. The molecule has 2 saturated heterocycles. The van der Waals surface area contributed by atoms with Crippen molar-refractivity contribution in [1.82, 2.24) is 14.9 Å². The van der Waals surface area contributed by atoms with E-state index in [1.54, 1.807) is 16.2 Å². The maximum Gasteiger partial charge on any atom is 0.410 e. The van der Waals surface area contributed by atoms with E-state index in [2.05, 4.69) is 22.9 Å². The molecule has 0 N–H and O–H groups in total. The minimum atomic E-state index is -0.596. The van der Waals surface area contributed by atoms with Crippen LogP contribution >= 0.6 is 11.3 Å². The van der Waals surface area contributed by atoms with Gasteiger partial charge in [-0.1, -0.05) is 6.92 Å². The maximum atomic E-state index is 12.4. The van der Waals surface area contributed by atoms with E-state index in [1.165, 1.54) is 4.88 Å². The van der Waals surface area contributed by atoms with E-state index in [1.807, 2.05) is 34.6 Å². The molecule has 1 atom stereocenters. The standard InChI is InChI=1S/C23H34N4O5S/c1-7-16-12-17-18(26-8-10-27(11-9-26)21(28)32-22(2,3)4)24-20(25-19(17)33-16)29-13-15-14-30-23(5,6)31-15/h12,15H,7-11,13-14H2,1-6H3/t15-/m0/s1. The number of carbonyl (C=O) groups is 1. The van der Waals surface area contributed by atoms with Gasteiger partial charge in [-0.2, -0.15) is 9.97 Å². The fourth-order valence-electron chi connectivity index (χ4n) is 3.86. The molecule has 0 spiro atoms. The van der Waals surface area contributed by atoms with Crippen molar-refractivity contribution in [3.8, 4) is 6.01 Å². The van der Waals surface area contributed by atoms with Gasteiger partial charge in [0.25, 0.3) is 0 Å². The number of nitrogens with zero attached hydrogens (tertiary/aromatic N) is 4. The number of ether oxygens (including phenoxy) is 4. The Labute approximate surface area is 199 Å². The van der Waals surface area contributed by atoms with Crippen LogP contribution in [0.3, 0.4) is 0 Å². The van der Waals surface area contributed by atoms with Gasteiger partial charge >= 0.3 is 12.1 Å². The first kappa shape index (κ1) is 24.0. The lowest BCUT2D eigenvalue weighted by molar-refractivity contribution is -0.141. The van der Waals surface area contributed by atoms with E-state index in [0.717, 1.165) is 22.5 Å². The normalized spacial score (nSPS) is 21.0. The lowest BCUT2D eigenvalue weighted by Crippen LogP contribution is -2.50. The van der Waals surface area contributed by atoms with Crippen molar-refractivity contribution in [3.05, 3.63) is 10.9 Å². The van der Waals surface area contributed by atoms with Crippen molar-refractivity contribution in [2.24, 2.45) is 0 Å². The Morgan fingerprint density at radius 2 is 1.97 bits per heavy atom. The molecular formula is C23H34N4O5S. The van der Waals surface area contributed by atoms with Gasteiger partial charge in [0, 0.05) is 31.1 Å². The monoisotopic (exact) mass is 478 g/mol. The summed E-state index contributed by atoms with van der Waals surface area (Å²) in [5.74, 6) is 0.250. The summed E-state index contributed by atoms with van der Waals surface area (Å²) in [5, 5.41) is 1.02. The van der Waals surface area contributed by atoms with E-state index < -0.39 is 11.4 Å². The molecule has 4 heterocycles. The Balaban J connectivity index is 1.49. The molecule has 2 aliphatic heterocycles. The van der Waals surface area contributed by atoms with Gasteiger partial charge in [-0.3, -0.25) is 0 Å². The molecule has 4 rings (SSSR count). The van der Waals surface area contributed by atoms with Gasteiger partial charge < -0.3 is 28.7 Å². The summed E-state index contributed by atoms with van der Waals surface area (Å²) < 4.78 is 22.9. The zero-order valence-electron chi connectivity index (χ0n) is 20.3. The molecule has 0 aliphatic carbocycles. The van der Waals surface area contributed by atoms with Gasteiger partial charge in [-0.25, -0.2) is 4.79 Å². The van der Waals surface area contributed by atoms with Crippen molar-refractivity contribution >= 4 is 33.5 Å². The van der Waals surface area contributed by atoms with Crippen LogP contribution in [-0.2, 0) is 20.6 Å². The van der Waals surface area contributed by atoms with E-state index in [-0.39, 0.29) is 12.2 Å². The topological polar surface area (TPSA) is 86.3 Å². The van der Waals surface area contributed by atoms with Gasteiger partial charge in [-0.15, -0.1) is 11.3 Å². The molecule has 2 aliphatic rings. The largest absolute Gasteiger partial charge is 0.461 e. The summed E-state index contributed by atoms with van der Waals surface area (Å²) >= 11 is 1.66. The number of aromatic nitrogens is 2. The smallest absolute Gasteiger partial charge is 0.410 e. The highest BCUT2D eigenvalue weighted by atomic mass is 32.1. The summed E-state index contributed by atoms with van der Waals surface area (Å²) in [4.78, 5) is 28.0. The second-order valence-electron chi connectivity index (χ2n) is 9.83. The molecule has 10 heteroatoms. The fourth-order valence-corrected chi connectivity index (χ4v) is 4.81. The predicted molar refractivity (Wildman–Crippen MR) is 127 cm³/mol. The van der Waals surface area contributed by atoms with Crippen molar-refractivity contribution in [3.63, 3.8) is 0 Å². The minimum Gasteiger partial charge on any atom is -0.461 e. The number of amides is 1. The van der Waals surface area contributed by atoms with Crippen LogP contribution in [0.4, 0.5) is 10.6 Å². The van der Waals surface area contributed by atoms with E-state index >= 15 is 0 Å². The van der Waals surface area contributed by atoms with Crippen molar-refractivity contribution in [1.29, 1.82) is 0 Å². The molecule has 2 aromatic rings. The zero-order valence-corrected chi connectivity index (χ0v) is 21.2. The van der Waals surface area contributed by atoms with E-state index in [0.29, 0.717) is 45.4 Å². The van der Waals surface area contributed by atoms with Crippen LogP contribution in [0.15, 0.2) is 6.07 Å². The third-order valence-electron chi connectivity index (χ3n) is 5.45. The maximum absolute atomic E-state index is 12.4. The quantitative estimate of drug-likeness (QED) is 0.641. The summed E-state index contributed by atoms with van der Waals surface area (Å²) in [6.07, 6.45) is 0.505. The zero-order chi connectivity index (χ0) is 23.8. The molecule has 0 saturated carbocycles. The fraction of sp³-hybridized carbons (Fsp3) is 0.696. The van der Waals surface area contributed by atoms with Gasteiger partial charge in [0.15, 0.2) is 5.79 Å². The summed E-state index contributed by atoms with van der Waals surface area (Å²) in [6, 6.07) is 2.50. The van der Waals surface area contributed by atoms with E-state index in [4.69, 9.17) is 23.9 Å². The van der Waals surface area contributed by atoms with Gasteiger partial charge in [0.05, 0.1) is 12.0 Å². The Hall–Kier alpha value is -2.17. The minimum absolute atomic E-state index is 0.158. The Bertz CT molecular complexity index is 995. The number of piperazine rings is 1. The van der Waals surface area contributed by atoms with Crippen LogP contribution in [0.25, 0.3) is 10.2 Å². The van der Waals surface area contributed by atoms with Crippen molar-refractivity contribution < 1.29 is 23.7 Å². The molecule has 0 aromatic carbocycles. The number of aryl methyl sites for hydroxylation is 1. The first-order chi connectivity index (χ1) is 15.5. The number of hydrogen-bond donors (Lipinski definition) is 0. The Kier molecular flexibility index (Phi) is 6.70. The van der Waals surface area contributed by atoms with Crippen LogP contribution < -0.4 is 9.64 Å². The molecule has 33 heavy (non-hydrogen) atoms. The van der Waals surface area contributed by atoms with Crippen LogP contribution in [0.5, 0.6) is 6.01 Å². The molecule has 2 aromatic heterocycles. The van der Waals surface area contributed by atoms with E-state index in [9.17, 15) is 4.79 Å². The molecule has 2 fully saturated rings. The van der Waals surface area contributed by atoms with Crippen LogP contribution in [0.2, 0.25) is 0 Å². The van der Waals surface area contributed by atoms with Crippen LogP contribution in [0, 0.1) is 0 Å². The average Bonchev–Trinajstić information content (AvgIpc) is 3.32. The molecular weight excluding hydrogens is 444 g/mol. The first-order valence-corrected chi connectivity index (χ1v) is 12.3. The second kappa shape index (κ2) is 9.23. The summed E-state index contributed by atoms with van der Waals surface area (Å²) in [7, 11) is 0. The summed E-state index contributed by atoms with van der Waals surface area (Å²) in [6.45, 7) is 14.8. The van der Waals surface area contributed by atoms with Gasteiger partial charge in [-0.05, 0) is 47.1 Å². The second-order valence-corrected chi connectivity index (χ2v) is 10.9. The number of rotatable bonds is 5. The number of fused-ring (bicyclic) bond motifs is 1. The number of carbonyl (C=O) groups excluding carboxylic acids is 1. The highest BCUT2D eigenvalue weighted by Gasteiger charge is 2.33. The molecule has 0 bridgehead atoms. The number of anilines is 1. The van der Waals surface area contributed by atoms with Crippen LogP contribution in [-0.4, -0.2) is 77.8 Å². The van der Waals surface area contributed by atoms with Gasteiger partial charge in [0.2, 0.25) is 0 Å². The lowest BCUT2D eigenvalue weighted by atomic mass is 10.2. The SMILES string of the molecule is CCc1cc2c(N3CCN(C(=O)OC(C)(C)C)CC3)nc(OC[C@H]3COC(C)(C)O3)nc2s1. The third kappa shape index (κ3) is 5.85. The predicted octanol–water partition coefficient (Wildman–Crippen LogP) is 3.84. The highest BCUT2D eigenvalue weighted by Crippen LogP contribution is 2.34. The molecule has 182 valence electrons. The van der Waals surface area contributed by atoms with Crippen LogP contribution in [0.1, 0.15) is 46.4 Å². The number of hydrogen-bond acceptors (Lipinski definition) is 9. The number of thiophene rings is 1. The lowest BCUT2D eigenvalue weighted by Gasteiger charge is -2.36. The Morgan fingerprint density at radius 1 is 1.24 bits per heavy atom.